The maximum Gasteiger partial charge on any atom is 0.255 e. The summed E-state index contributed by atoms with van der Waals surface area (Å²) < 4.78 is 14.6. The average molecular weight is 407 g/mol. The number of anilines is 1. The van der Waals surface area contributed by atoms with E-state index in [1.807, 2.05) is 6.07 Å². The minimum absolute atomic E-state index is 0.239. The van der Waals surface area contributed by atoms with Crippen LogP contribution in [0.1, 0.15) is 10.4 Å². The standard InChI is InChI=1S/C13H7Br2ClFNO/c14-8-3-7(4-9(15)5-8)13(19)18-12-6-10(17)1-2-11(12)16/h1-6H,(H,18,19). The van der Waals surface area contributed by atoms with Crippen molar-refractivity contribution in [1.82, 2.24) is 0 Å². The Morgan fingerprint density at radius 2 is 1.74 bits per heavy atom. The van der Waals surface area contributed by atoms with Gasteiger partial charge in [0.15, 0.2) is 0 Å². The maximum absolute atomic E-state index is 13.1. The molecule has 0 fully saturated rings. The highest BCUT2D eigenvalue weighted by Crippen LogP contribution is 2.25. The number of benzene rings is 2. The summed E-state index contributed by atoms with van der Waals surface area (Å²) in [4.78, 5) is 12.0. The molecule has 2 aromatic rings. The van der Waals surface area contributed by atoms with Crippen molar-refractivity contribution < 1.29 is 9.18 Å². The number of rotatable bonds is 2. The Morgan fingerprint density at radius 1 is 1.11 bits per heavy atom. The fourth-order valence-corrected chi connectivity index (χ4v) is 2.93. The lowest BCUT2D eigenvalue weighted by molar-refractivity contribution is 0.102. The summed E-state index contributed by atoms with van der Waals surface area (Å²) in [7, 11) is 0. The summed E-state index contributed by atoms with van der Waals surface area (Å²) in [5.74, 6) is -0.829. The lowest BCUT2D eigenvalue weighted by atomic mass is 10.2. The Balaban J connectivity index is 2.28. The highest BCUT2D eigenvalue weighted by Gasteiger charge is 2.10. The van der Waals surface area contributed by atoms with Crippen LogP contribution in [-0.2, 0) is 0 Å². The van der Waals surface area contributed by atoms with Gasteiger partial charge in [0.1, 0.15) is 5.82 Å². The molecule has 19 heavy (non-hydrogen) atoms. The third-order valence-corrected chi connectivity index (χ3v) is 3.55. The molecular formula is C13H7Br2ClFNO. The minimum Gasteiger partial charge on any atom is -0.321 e. The molecule has 0 saturated carbocycles. The van der Waals surface area contributed by atoms with Gasteiger partial charge in [-0.2, -0.15) is 0 Å². The molecule has 0 aliphatic carbocycles. The van der Waals surface area contributed by atoms with Crippen molar-refractivity contribution in [1.29, 1.82) is 0 Å². The number of hydrogen-bond donors (Lipinski definition) is 1. The van der Waals surface area contributed by atoms with Gasteiger partial charge in [0, 0.05) is 14.5 Å². The lowest BCUT2D eigenvalue weighted by Gasteiger charge is -2.08. The molecule has 0 radical (unpaired) electrons. The van der Waals surface area contributed by atoms with Gasteiger partial charge in [-0.1, -0.05) is 43.5 Å². The summed E-state index contributed by atoms with van der Waals surface area (Å²) in [6, 6.07) is 8.93. The van der Waals surface area contributed by atoms with Crippen molar-refractivity contribution in [3.63, 3.8) is 0 Å². The first kappa shape index (κ1) is 14.5. The van der Waals surface area contributed by atoms with Gasteiger partial charge in [0.25, 0.3) is 5.91 Å². The lowest BCUT2D eigenvalue weighted by Crippen LogP contribution is -2.12. The zero-order chi connectivity index (χ0) is 14.0. The van der Waals surface area contributed by atoms with Crippen LogP contribution in [0.15, 0.2) is 45.3 Å². The monoisotopic (exact) mass is 405 g/mol. The zero-order valence-electron chi connectivity index (χ0n) is 9.38. The van der Waals surface area contributed by atoms with Gasteiger partial charge in [-0.25, -0.2) is 4.39 Å². The van der Waals surface area contributed by atoms with E-state index in [1.54, 1.807) is 12.1 Å². The molecule has 2 rings (SSSR count). The highest BCUT2D eigenvalue weighted by atomic mass is 79.9. The van der Waals surface area contributed by atoms with E-state index in [0.29, 0.717) is 5.56 Å². The Labute approximate surface area is 131 Å². The molecule has 2 nitrogen and oxygen atoms in total. The summed E-state index contributed by atoms with van der Waals surface area (Å²) in [5, 5.41) is 2.85. The highest BCUT2D eigenvalue weighted by molar-refractivity contribution is 9.11. The van der Waals surface area contributed by atoms with Gasteiger partial charge >= 0.3 is 0 Å². The van der Waals surface area contributed by atoms with E-state index in [9.17, 15) is 9.18 Å². The molecule has 0 heterocycles. The molecule has 0 aromatic heterocycles. The molecule has 0 saturated heterocycles. The van der Waals surface area contributed by atoms with Crippen LogP contribution in [0.3, 0.4) is 0 Å². The molecule has 6 heteroatoms. The maximum atomic E-state index is 13.1. The van der Waals surface area contributed by atoms with E-state index < -0.39 is 5.82 Å². The van der Waals surface area contributed by atoms with Gasteiger partial charge in [-0.15, -0.1) is 0 Å². The van der Waals surface area contributed by atoms with Crippen LogP contribution >= 0.6 is 43.5 Å². The molecule has 0 spiro atoms. The first-order valence-corrected chi connectivity index (χ1v) is 7.14. The number of carbonyl (C=O) groups excluding carboxylic acids is 1. The molecule has 0 aliphatic rings. The summed E-state index contributed by atoms with van der Waals surface area (Å²) in [5.41, 5.74) is 0.671. The zero-order valence-corrected chi connectivity index (χ0v) is 13.3. The predicted molar refractivity (Wildman–Crippen MR) is 81.2 cm³/mol. The third kappa shape index (κ3) is 3.78. The second kappa shape index (κ2) is 6.03. The molecule has 0 bridgehead atoms. The van der Waals surface area contributed by atoms with Crippen LogP contribution in [0.4, 0.5) is 10.1 Å². The number of amides is 1. The molecule has 1 amide bonds. The number of hydrogen-bond acceptors (Lipinski definition) is 1. The van der Waals surface area contributed by atoms with E-state index in [4.69, 9.17) is 11.6 Å². The SMILES string of the molecule is O=C(Nc1cc(F)ccc1Cl)c1cc(Br)cc(Br)c1. The molecule has 2 aromatic carbocycles. The van der Waals surface area contributed by atoms with Gasteiger partial charge in [0.05, 0.1) is 10.7 Å². The molecule has 0 atom stereocenters. The van der Waals surface area contributed by atoms with Crippen molar-refractivity contribution in [2.75, 3.05) is 5.32 Å². The van der Waals surface area contributed by atoms with Crippen molar-refractivity contribution in [3.8, 4) is 0 Å². The predicted octanol–water partition coefficient (Wildman–Crippen LogP) is 5.26. The van der Waals surface area contributed by atoms with E-state index in [2.05, 4.69) is 37.2 Å². The largest absolute Gasteiger partial charge is 0.321 e. The van der Waals surface area contributed by atoms with Gasteiger partial charge < -0.3 is 5.32 Å². The topological polar surface area (TPSA) is 29.1 Å². The van der Waals surface area contributed by atoms with Crippen LogP contribution in [0.25, 0.3) is 0 Å². The normalized spacial score (nSPS) is 10.3. The van der Waals surface area contributed by atoms with Gasteiger partial charge in [0.2, 0.25) is 0 Å². The first-order chi connectivity index (χ1) is 8.95. The number of nitrogens with one attached hydrogen (secondary N) is 1. The van der Waals surface area contributed by atoms with Crippen molar-refractivity contribution in [3.05, 3.63) is 61.7 Å². The second-order valence-electron chi connectivity index (χ2n) is 3.74. The number of carbonyl (C=O) groups is 1. The van der Waals surface area contributed by atoms with E-state index in [-0.39, 0.29) is 16.6 Å². The Bertz CT molecular complexity index is 628. The van der Waals surface area contributed by atoms with Crippen LogP contribution in [0, 0.1) is 5.82 Å². The quantitative estimate of drug-likeness (QED) is 0.723. The Morgan fingerprint density at radius 3 is 2.37 bits per heavy atom. The van der Waals surface area contributed by atoms with Crippen LogP contribution in [0.2, 0.25) is 5.02 Å². The van der Waals surface area contributed by atoms with Crippen molar-refractivity contribution >= 4 is 55.1 Å². The summed E-state index contributed by atoms with van der Waals surface area (Å²) >= 11 is 12.5. The molecule has 1 N–H and O–H groups in total. The summed E-state index contributed by atoms with van der Waals surface area (Å²) in [6.07, 6.45) is 0. The number of halogens is 4. The smallest absolute Gasteiger partial charge is 0.255 e. The van der Waals surface area contributed by atoms with Gasteiger partial charge in [-0.3, -0.25) is 4.79 Å². The fourth-order valence-electron chi connectivity index (χ4n) is 1.47. The molecular weight excluding hydrogens is 400 g/mol. The first-order valence-electron chi connectivity index (χ1n) is 5.18. The van der Waals surface area contributed by atoms with Crippen LogP contribution < -0.4 is 5.32 Å². The van der Waals surface area contributed by atoms with Crippen molar-refractivity contribution in [2.24, 2.45) is 0 Å². The molecule has 0 aliphatic heterocycles. The Kier molecular flexibility index (Phi) is 4.60. The molecule has 98 valence electrons. The second-order valence-corrected chi connectivity index (χ2v) is 5.97. The summed E-state index contributed by atoms with van der Waals surface area (Å²) in [6.45, 7) is 0. The Hall–Kier alpha value is -0.910. The van der Waals surface area contributed by atoms with Crippen LogP contribution in [0.5, 0.6) is 0 Å². The van der Waals surface area contributed by atoms with E-state index in [1.165, 1.54) is 18.2 Å². The molecule has 0 unspecified atom stereocenters. The van der Waals surface area contributed by atoms with Crippen LogP contribution in [-0.4, -0.2) is 5.91 Å². The third-order valence-electron chi connectivity index (χ3n) is 2.30. The minimum atomic E-state index is -0.463. The van der Waals surface area contributed by atoms with Gasteiger partial charge in [-0.05, 0) is 36.4 Å². The average Bonchev–Trinajstić information content (AvgIpc) is 2.32. The van der Waals surface area contributed by atoms with Crippen molar-refractivity contribution in [2.45, 2.75) is 0 Å². The van der Waals surface area contributed by atoms with E-state index in [0.717, 1.165) is 8.95 Å². The fraction of sp³-hybridized carbons (Fsp3) is 0. The van der Waals surface area contributed by atoms with E-state index >= 15 is 0 Å².